The van der Waals surface area contributed by atoms with Crippen LogP contribution in [0.3, 0.4) is 0 Å². The van der Waals surface area contributed by atoms with Crippen molar-refractivity contribution in [2.75, 3.05) is 6.54 Å². The van der Waals surface area contributed by atoms with Gasteiger partial charge in [-0.1, -0.05) is 12.1 Å². The van der Waals surface area contributed by atoms with Crippen molar-refractivity contribution >= 4 is 16.0 Å². The maximum atomic E-state index is 12.1. The second-order valence-electron chi connectivity index (χ2n) is 4.65. The van der Waals surface area contributed by atoms with Crippen LogP contribution in [-0.4, -0.2) is 35.6 Å². The average Bonchev–Trinajstić information content (AvgIpc) is 2.44. The Labute approximate surface area is 117 Å². The second-order valence-corrected chi connectivity index (χ2v) is 6.90. The lowest BCUT2D eigenvalue weighted by Gasteiger charge is -2.29. The molecule has 20 heavy (non-hydrogen) atoms. The highest BCUT2D eigenvalue weighted by atomic mass is 32.2. The third-order valence-electron chi connectivity index (χ3n) is 3.45. The number of fused-ring (bicyclic) bond motifs is 1. The van der Waals surface area contributed by atoms with Gasteiger partial charge in [-0.25, -0.2) is 13.2 Å². The number of nitrogens with zero attached hydrogens (tertiary/aromatic N) is 2. The maximum absolute atomic E-state index is 12.1. The van der Waals surface area contributed by atoms with E-state index < -0.39 is 21.2 Å². The van der Waals surface area contributed by atoms with Crippen LogP contribution >= 0.6 is 0 Å². The fourth-order valence-electron chi connectivity index (χ4n) is 2.29. The van der Waals surface area contributed by atoms with E-state index >= 15 is 0 Å². The van der Waals surface area contributed by atoms with Gasteiger partial charge in [0.05, 0.1) is 11.6 Å². The van der Waals surface area contributed by atoms with Gasteiger partial charge in [0.1, 0.15) is 0 Å². The van der Waals surface area contributed by atoms with E-state index in [-0.39, 0.29) is 18.7 Å². The van der Waals surface area contributed by atoms with Gasteiger partial charge in [-0.05, 0) is 30.5 Å². The van der Waals surface area contributed by atoms with Crippen LogP contribution in [0.5, 0.6) is 0 Å². The highest BCUT2D eigenvalue weighted by Crippen LogP contribution is 2.25. The van der Waals surface area contributed by atoms with Gasteiger partial charge in [0.15, 0.2) is 5.25 Å². The van der Waals surface area contributed by atoms with Gasteiger partial charge in [-0.15, -0.1) is 0 Å². The zero-order valence-electron chi connectivity index (χ0n) is 10.9. The van der Waals surface area contributed by atoms with Crippen LogP contribution in [0.2, 0.25) is 0 Å². The molecule has 1 aliphatic rings. The first kappa shape index (κ1) is 14.5. The van der Waals surface area contributed by atoms with Crippen LogP contribution in [-0.2, 0) is 23.0 Å². The van der Waals surface area contributed by atoms with E-state index in [0.29, 0.717) is 17.5 Å². The minimum Gasteiger partial charge on any atom is -0.478 e. The summed E-state index contributed by atoms with van der Waals surface area (Å²) in [4.78, 5) is 11.1. The van der Waals surface area contributed by atoms with Crippen molar-refractivity contribution in [3.8, 4) is 6.07 Å². The molecule has 0 saturated carbocycles. The molecular formula is C13H14N2O4S. The van der Waals surface area contributed by atoms with Gasteiger partial charge in [0.2, 0.25) is 10.0 Å². The molecule has 0 radical (unpaired) electrons. The number of hydrogen-bond donors (Lipinski definition) is 1. The Morgan fingerprint density at radius 3 is 2.80 bits per heavy atom. The van der Waals surface area contributed by atoms with Crippen molar-refractivity contribution in [3.05, 3.63) is 34.9 Å². The number of aromatic carboxylic acids is 1. The Morgan fingerprint density at radius 1 is 1.50 bits per heavy atom. The summed E-state index contributed by atoms with van der Waals surface area (Å²) in [6, 6.07) is 6.58. The first-order valence-electron chi connectivity index (χ1n) is 6.10. The fraction of sp³-hybridized carbons (Fsp3) is 0.385. The predicted octanol–water partition coefficient (Wildman–Crippen LogP) is 0.985. The van der Waals surface area contributed by atoms with Crippen LogP contribution in [0.1, 0.15) is 28.4 Å². The van der Waals surface area contributed by atoms with Crippen molar-refractivity contribution in [1.29, 1.82) is 5.26 Å². The molecule has 1 atom stereocenters. The minimum atomic E-state index is -3.66. The molecule has 1 aliphatic heterocycles. The first-order valence-corrected chi connectivity index (χ1v) is 7.61. The van der Waals surface area contributed by atoms with E-state index in [1.54, 1.807) is 18.2 Å². The Morgan fingerprint density at radius 2 is 2.20 bits per heavy atom. The molecule has 1 heterocycles. The van der Waals surface area contributed by atoms with Crippen molar-refractivity contribution in [1.82, 2.24) is 4.31 Å². The van der Waals surface area contributed by atoms with E-state index in [9.17, 15) is 13.2 Å². The lowest BCUT2D eigenvalue weighted by atomic mass is 9.95. The summed E-state index contributed by atoms with van der Waals surface area (Å²) >= 11 is 0. The van der Waals surface area contributed by atoms with E-state index in [1.165, 1.54) is 17.3 Å². The summed E-state index contributed by atoms with van der Waals surface area (Å²) < 4.78 is 25.5. The highest BCUT2D eigenvalue weighted by Gasteiger charge is 2.32. The second kappa shape index (κ2) is 5.23. The summed E-state index contributed by atoms with van der Waals surface area (Å²) in [7, 11) is -3.66. The van der Waals surface area contributed by atoms with Crippen molar-refractivity contribution in [2.24, 2.45) is 0 Å². The molecule has 0 saturated heterocycles. The molecule has 0 aromatic heterocycles. The minimum absolute atomic E-state index is 0.116. The van der Waals surface area contributed by atoms with Crippen LogP contribution in [0.4, 0.5) is 0 Å². The van der Waals surface area contributed by atoms with Gasteiger partial charge < -0.3 is 5.11 Å². The zero-order chi connectivity index (χ0) is 14.9. The topological polar surface area (TPSA) is 98.5 Å². The average molecular weight is 294 g/mol. The maximum Gasteiger partial charge on any atom is 0.335 e. The number of benzene rings is 1. The monoisotopic (exact) mass is 294 g/mol. The van der Waals surface area contributed by atoms with Gasteiger partial charge in [0.25, 0.3) is 0 Å². The Bertz CT molecular complexity index is 691. The Kier molecular flexibility index (Phi) is 3.79. The summed E-state index contributed by atoms with van der Waals surface area (Å²) in [5, 5.41) is 16.8. The number of carboxylic acid groups (broad SMARTS) is 1. The van der Waals surface area contributed by atoms with Crippen LogP contribution in [0.25, 0.3) is 0 Å². The van der Waals surface area contributed by atoms with Crippen molar-refractivity contribution < 1.29 is 18.3 Å². The van der Waals surface area contributed by atoms with E-state index in [0.717, 1.165) is 0 Å². The molecule has 1 unspecified atom stereocenters. The third-order valence-corrected chi connectivity index (χ3v) is 5.48. The molecule has 106 valence electrons. The molecule has 2 rings (SSSR count). The van der Waals surface area contributed by atoms with Crippen LogP contribution < -0.4 is 0 Å². The Balaban J connectivity index is 2.36. The lowest BCUT2D eigenvalue weighted by molar-refractivity contribution is 0.0695. The number of carboxylic acids is 1. The molecule has 0 spiro atoms. The molecule has 0 bridgehead atoms. The number of sulfonamides is 1. The van der Waals surface area contributed by atoms with Crippen LogP contribution in [0, 0.1) is 11.3 Å². The third kappa shape index (κ3) is 2.40. The number of rotatable bonds is 3. The van der Waals surface area contributed by atoms with Gasteiger partial charge in [0, 0.05) is 13.1 Å². The van der Waals surface area contributed by atoms with Crippen molar-refractivity contribution in [3.63, 3.8) is 0 Å². The molecular weight excluding hydrogens is 280 g/mol. The normalized spacial score (nSPS) is 17.0. The smallest absolute Gasteiger partial charge is 0.335 e. The summed E-state index contributed by atoms with van der Waals surface area (Å²) in [6.07, 6.45) is 0.342. The summed E-state index contributed by atoms with van der Waals surface area (Å²) in [5.41, 5.74) is 1.58. The Hall–Kier alpha value is -1.91. The van der Waals surface area contributed by atoms with E-state index in [2.05, 4.69) is 0 Å². The SMILES string of the molecule is CC(C#N)S(=O)(=O)N1CCc2c(cccc2C(=O)O)C1. The highest BCUT2D eigenvalue weighted by molar-refractivity contribution is 7.89. The molecule has 0 fully saturated rings. The number of hydrogen-bond acceptors (Lipinski definition) is 4. The fourth-order valence-corrected chi connectivity index (χ4v) is 3.54. The molecule has 1 N–H and O–H groups in total. The molecule has 0 aliphatic carbocycles. The molecule has 6 nitrogen and oxygen atoms in total. The predicted molar refractivity (Wildman–Crippen MR) is 71.5 cm³/mol. The standard InChI is InChI=1S/C13H14N2O4S/c1-9(7-14)20(18,19)15-6-5-11-10(8-15)3-2-4-12(11)13(16)17/h2-4,9H,5-6,8H2,1H3,(H,16,17). The number of carbonyl (C=O) groups is 1. The van der Waals surface area contributed by atoms with Gasteiger partial charge >= 0.3 is 5.97 Å². The molecule has 0 amide bonds. The van der Waals surface area contributed by atoms with Crippen LogP contribution in [0.15, 0.2) is 18.2 Å². The summed E-state index contributed by atoms with van der Waals surface area (Å²) in [6.45, 7) is 1.66. The molecule has 1 aromatic carbocycles. The zero-order valence-corrected chi connectivity index (χ0v) is 11.7. The first-order chi connectivity index (χ1) is 9.37. The largest absolute Gasteiger partial charge is 0.478 e. The number of nitriles is 1. The quantitative estimate of drug-likeness (QED) is 0.896. The molecule has 1 aromatic rings. The van der Waals surface area contributed by atoms with E-state index in [4.69, 9.17) is 10.4 Å². The van der Waals surface area contributed by atoms with Crippen molar-refractivity contribution in [2.45, 2.75) is 25.1 Å². The van der Waals surface area contributed by atoms with Gasteiger partial charge in [-0.3, -0.25) is 0 Å². The molecule has 7 heteroatoms. The van der Waals surface area contributed by atoms with E-state index in [1.807, 2.05) is 0 Å². The summed E-state index contributed by atoms with van der Waals surface area (Å²) in [5.74, 6) is -1.01. The van der Waals surface area contributed by atoms with Gasteiger partial charge in [-0.2, -0.15) is 9.57 Å². The lowest BCUT2D eigenvalue weighted by Crippen LogP contribution is -2.40.